The first kappa shape index (κ1) is 18.9. The van der Waals surface area contributed by atoms with Crippen molar-refractivity contribution < 1.29 is 18.0 Å². The minimum Gasteiger partial charge on any atom is -0.442 e. The Kier molecular flexibility index (Phi) is 4.94. The highest BCUT2D eigenvalue weighted by atomic mass is 32.1. The van der Waals surface area contributed by atoms with E-state index in [-0.39, 0.29) is 5.13 Å². The molecule has 0 bridgehead atoms. The van der Waals surface area contributed by atoms with Crippen molar-refractivity contribution >= 4 is 22.4 Å². The summed E-state index contributed by atoms with van der Waals surface area (Å²) in [6.45, 7) is 3.75. The molecule has 5 nitrogen and oxygen atoms in total. The van der Waals surface area contributed by atoms with Gasteiger partial charge in [-0.1, -0.05) is 47.2 Å². The molecule has 2 aromatic carbocycles. The third-order valence-electron chi connectivity index (χ3n) is 4.28. The topological polar surface area (TPSA) is 68.0 Å². The number of hydrogen-bond donors (Lipinski definition) is 1. The quantitative estimate of drug-likeness (QED) is 0.474. The number of carbonyl (C=O) groups is 1. The van der Waals surface area contributed by atoms with Crippen molar-refractivity contribution in [3.63, 3.8) is 0 Å². The van der Waals surface area contributed by atoms with Crippen LogP contribution in [0.3, 0.4) is 0 Å². The summed E-state index contributed by atoms with van der Waals surface area (Å²) < 4.78 is 33.3. The molecule has 1 amide bonds. The second-order valence-corrected chi connectivity index (χ2v) is 7.38. The fraction of sp³-hybridized carbons (Fsp3) is 0.0952. The lowest BCUT2D eigenvalue weighted by atomic mass is 10.1. The molecule has 2 heterocycles. The smallest absolute Gasteiger partial charge is 0.263 e. The van der Waals surface area contributed by atoms with Crippen LogP contribution in [0.1, 0.15) is 21.6 Å². The van der Waals surface area contributed by atoms with E-state index in [4.69, 9.17) is 4.42 Å². The molecule has 0 aliphatic heterocycles. The molecule has 4 aromatic rings. The molecule has 4 rings (SSSR count). The Bertz CT molecular complexity index is 1200. The van der Waals surface area contributed by atoms with E-state index in [2.05, 4.69) is 15.3 Å². The highest BCUT2D eigenvalue weighted by Gasteiger charge is 2.23. The Morgan fingerprint density at radius 3 is 2.48 bits per heavy atom. The number of oxazole rings is 1. The maximum absolute atomic E-state index is 13.9. The number of nitrogens with one attached hydrogen (secondary N) is 1. The van der Waals surface area contributed by atoms with Crippen LogP contribution in [-0.4, -0.2) is 15.9 Å². The molecule has 0 saturated heterocycles. The number of rotatable bonds is 4. The normalized spacial score (nSPS) is 10.9. The number of carbonyl (C=O) groups excluding carboxylic acids is 1. The number of thiazole rings is 1. The second-order valence-electron chi connectivity index (χ2n) is 6.38. The predicted octanol–water partition coefficient (Wildman–Crippen LogP) is 5.61. The average molecular weight is 411 g/mol. The highest BCUT2D eigenvalue weighted by Crippen LogP contribution is 2.40. The highest BCUT2D eigenvalue weighted by molar-refractivity contribution is 7.19. The number of benzene rings is 2. The number of halogens is 2. The van der Waals surface area contributed by atoms with Gasteiger partial charge in [-0.2, -0.15) is 0 Å². The van der Waals surface area contributed by atoms with Gasteiger partial charge in [0.2, 0.25) is 0 Å². The predicted molar refractivity (Wildman–Crippen MR) is 107 cm³/mol. The Labute approximate surface area is 169 Å². The summed E-state index contributed by atoms with van der Waals surface area (Å²) in [5, 5.41) is 2.69. The Morgan fingerprint density at radius 1 is 1.10 bits per heavy atom. The minimum absolute atomic E-state index is 0.194. The molecule has 0 spiro atoms. The third kappa shape index (κ3) is 3.66. The van der Waals surface area contributed by atoms with Crippen LogP contribution in [0.25, 0.3) is 21.9 Å². The van der Waals surface area contributed by atoms with Crippen LogP contribution in [0.2, 0.25) is 0 Å². The van der Waals surface area contributed by atoms with Crippen molar-refractivity contribution in [3.05, 3.63) is 77.3 Å². The summed E-state index contributed by atoms with van der Waals surface area (Å²) in [4.78, 5) is 21.8. The van der Waals surface area contributed by atoms with E-state index in [9.17, 15) is 13.6 Å². The summed E-state index contributed by atoms with van der Waals surface area (Å²) >= 11 is 1.19. The zero-order chi connectivity index (χ0) is 20.5. The maximum Gasteiger partial charge on any atom is 0.263 e. The van der Waals surface area contributed by atoms with Crippen LogP contribution in [0.4, 0.5) is 13.9 Å². The van der Waals surface area contributed by atoms with Gasteiger partial charge in [0.25, 0.3) is 5.91 Å². The number of amides is 1. The van der Waals surface area contributed by atoms with E-state index < -0.39 is 23.1 Å². The lowest BCUT2D eigenvalue weighted by Crippen LogP contribution is -2.15. The Balaban J connectivity index is 1.78. The molecule has 1 N–H and O–H groups in total. The molecule has 29 heavy (non-hydrogen) atoms. The van der Waals surface area contributed by atoms with Crippen LogP contribution >= 0.6 is 11.3 Å². The van der Waals surface area contributed by atoms with E-state index in [1.165, 1.54) is 23.8 Å². The fourth-order valence-electron chi connectivity index (χ4n) is 2.91. The van der Waals surface area contributed by atoms with Gasteiger partial charge in [-0.25, -0.2) is 18.7 Å². The zero-order valence-corrected chi connectivity index (χ0v) is 16.3. The molecule has 0 radical (unpaired) electrons. The van der Waals surface area contributed by atoms with Gasteiger partial charge in [0.1, 0.15) is 22.9 Å². The van der Waals surface area contributed by atoms with Crippen LogP contribution in [0.15, 0.2) is 53.3 Å². The first-order chi connectivity index (χ1) is 13.9. The molecule has 0 aliphatic rings. The molecule has 0 fully saturated rings. The molecular weight excluding hydrogens is 396 g/mol. The van der Waals surface area contributed by atoms with E-state index in [0.717, 1.165) is 28.1 Å². The molecule has 0 aliphatic carbocycles. The largest absolute Gasteiger partial charge is 0.442 e. The Hall–Kier alpha value is -3.39. The van der Waals surface area contributed by atoms with E-state index in [1.807, 2.05) is 31.2 Å². The number of hydrogen-bond acceptors (Lipinski definition) is 5. The second kappa shape index (κ2) is 7.56. The molecule has 8 heteroatoms. The van der Waals surface area contributed by atoms with Crippen molar-refractivity contribution in [1.82, 2.24) is 9.97 Å². The molecule has 0 unspecified atom stereocenters. The maximum atomic E-state index is 13.9. The lowest BCUT2D eigenvalue weighted by Gasteiger charge is -2.04. The van der Waals surface area contributed by atoms with Gasteiger partial charge in [0, 0.05) is 0 Å². The summed E-state index contributed by atoms with van der Waals surface area (Å²) in [6, 6.07) is 11.0. The molecule has 0 saturated carbocycles. The lowest BCUT2D eigenvalue weighted by molar-refractivity contribution is 0.101. The van der Waals surface area contributed by atoms with Crippen molar-refractivity contribution in [2.75, 3.05) is 5.32 Å². The summed E-state index contributed by atoms with van der Waals surface area (Å²) in [7, 11) is 0. The van der Waals surface area contributed by atoms with Crippen LogP contribution < -0.4 is 5.32 Å². The summed E-state index contributed by atoms with van der Waals surface area (Å²) in [6.07, 6.45) is 1.32. The van der Waals surface area contributed by atoms with Gasteiger partial charge in [0.05, 0.1) is 10.6 Å². The molecule has 2 aromatic heterocycles. The van der Waals surface area contributed by atoms with Gasteiger partial charge in [-0.05, 0) is 31.5 Å². The zero-order valence-electron chi connectivity index (χ0n) is 15.5. The van der Waals surface area contributed by atoms with Gasteiger partial charge < -0.3 is 4.42 Å². The minimum atomic E-state index is -0.940. The number of aromatic nitrogens is 2. The standard InChI is InChI=1S/C21H15F2N3O2S/c1-11-5-3-6-13(9-11)19-17(18-12(2)24-10-28-18)25-21(29-19)26-20(27)16-14(22)7-4-8-15(16)23/h3-10H,1-2H3,(H,25,26,27). The van der Waals surface area contributed by atoms with Crippen LogP contribution in [0, 0.1) is 25.5 Å². The van der Waals surface area contributed by atoms with Gasteiger partial charge in [-0.15, -0.1) is 0 Å². The number of nitrogens with zero attached hydrogens (tertiary/aromatic N) is 2. The van der Waals surface area contributed by atoms with Crippen LogP contribution in [-0.2, 0) is 0 Å². The molecular formula is C21H15F2N3O2S. The third-order valence-corrected chi connectivity index (χ3v) is 5.30. The van der Waals surface area contributed by atoms with E-state index in [1.54, 1.807) is 6.92 Å². The van der Waals surface area contributed by atoms with Gasteiger partial charge in [0.15, 0.2) is 17.3 Å². The van der Waals surface area contributed by atoms with Crippen LogP contribution in [0.5, 0.6) is 0 Å². The Morgan fingerprint density at radius 2 is 1.83 bits per heavy atom. The summed E-state index contributed by atoms with van der Waals surface area (Å²) in [5.41, 5.74) is 2.42. The van der Waals surface area contributed by atoms with Crippen molar-refractivity contribution in [1.29, 1.82) is 0 Å². The van der Waals surface area contributed by atoms with E-state index in [0.29, 0.717) is 17.1 Å². The van der Waals surface area contributed by atoms with Gasteiger partial charge >= 0.3 is 0 Å². The first-order valence-corrected chi connectivity index (χ1v) is 9.49. The number of aryl methyl sites for hydroxylation is 2. The molecule has 146 valence electrons. The molecule has 0 atom stereocenters. The van der Waals surface area contributed by atoms with Crippen molar-refractivity contribution in [2.24, 2.45) is 0 Å². The number of anilines is 1. The van der Waals surface area contributed by atoms with Crippen molar-refractivity contribution in [2.45, 2.75) is 13.8 Å². The van der Waals surface area contributed by atoms with Gasteiger partial charge in [-0.3, -0.25) is 10.1 Å². The average Bonchev–Trinajstić information content (AvgIpc) is 3.27. The monoisotopic (exact) mass is 411 g/mol. The summed E-state index contributed by atoms with van der Waals surface area (Å²) in [5.74, 6) is -2.32. The van der Waals surface area contributed by atoms with E-state index >= 15 is 0 Å². The fourth-order valence-corrected chi connectivity index (χ4v) is 3.87. The first-order valence-electron chi connectivity index (χ1n) is 8.67. The SMILES string of the molecule is Cc1cccc(-c2sc(NC(=O)c3c(F)cccc3F)nc2-c2ocnc2C)c1. The van der Waals surface area contributed by atoms with Crippen molar-refractivity contribution in [3.8, 4) is 21.9 Å².